The topological polar surface area (TPSA) is 70.2 Å². The highest BCUT2D eigenvalue weighted by Crippen LogP contribution is 2.17. The van der Waals surface area contributed by atoms with Crippen molar-refractivity contribution in [1.82, 2.24) is 9.97 Å². The summed E-state index contributed by atoms with van der Waals surface area (Å²) in [4.78, 5) is 22.9. The second kappa shape index (κ2) is 8.11. The monoisotopic (exact) mass is 347 g/mol. The van der Waals surface area contributed by atoms with Gasteiger partial charge in [-0.25, -0.2) is 0 Å². The fourth-order valence-corrected chi connectivity index (χ4v) is 2.40. The summed E-state index contributed by atoms with van der Waals surface area (Å²) in [6.07, 6.45) is 4.99. The van der Waals surface area contributed by atoms with Gasteiger partial charge in [-0.05, 0) is 42.5 Å². The Balaban J connectivity index is 1.64. The van der Waals surface area contributed by atoms with Crippen LogP contribution in [0.5, 0.6) is 0 Å². The van der Waals surface area contributed by atoms with Crippen molar-refractivity contribution in [1.29, 1.82) is 0 Å². The van der Waals surface area contributed by atoms with Crippen LogP contribution in [0.25, 0.3) is 0 Å². The lowest BCUT2D eigenvalue weighted by Crippen LogP contribution is -2.13. The number of aromatic nitrogens is 2. The van der Waals surface area contributed by atoms with Gasteiger partial charge in [0, 0.05) is 44.1 Å². The Kier molecular flexibility index (Phi) is 5.43. The van der Waals surface area contributed by atoms with Crippen LogP contribution in [0, 0.1) is 0 Å². The van der Waals surface area contributed by atoms with Gasteiger partial charge in [-0.3, -0.25) is 14.8 Å². The third-order valence-electron chi connectivity index (χ3n) is 3.84. The highest BCUT2D eigenvalue weighted by molar-refractivity contribution is 6.04. The van der Waals surface area contributed by atoms with Crippen LogP contribution in [-0.2, 0) is 6.54 Å². The molecule has 3 aromatic rings. The normalized spacial score (nSPS) is 10.2. The molecular formula is C20H21N5O. The van der Waals surface area contributed by atoms with Crippen LogP contribution in [0.2, 0.25) is 0 Å². The summed E-state index contributed by atoms with van der Waals surface area (Å²) >= 11 is 0. The van der Waals surface area contributed by atoms with Crippen molar-refractivity contribution in [2.45, 2.75) is 6.54 Å². The van der Waals surface area contributed by atoms with Gasteiger partial charge in [0.05, 0.1) is 23.5 Å². The maximum absolute atomic E-state index is 12.5. The summed E-state index contributed by atoms with van der Waals surface area (Å²) in [5.41, 5.74) is 4.00. The molecule has 2 heterocycles. The van der Waals surface area contributed by atoms with E-state index in [9.17, 15) is 4.79 Å². The number of pyridine rings is 2. The van der Waals surface area contributed by atoms with Gasteiger partial charge >= 0.3 is 0 Å². The molecule has 6 nitrogen and oxygen atoms in total. The summed E-state index contributed by atoms with van der Waals surface area (Å²) in [7, 11) is 3.95. The van der Waals surface area contributed by atoms with Crippen LogP contribution >= 0.6 is 0 Å². The summed E-state index contributed by atoms with van der Waals surface area (Å²) in [5, 5.41) is 6.12. The zero-order valence-electron chi connectivity index (χ0n) is 14.8. The number of rotatable bonds is 6. The Labute approximate surface area is 152 Å². The van der Waals surface area contributed by atoms with Crippen molar-refractivity contribution < 1.29 is 4.79 Å². The van der Waals surface area contributed by atoms with E-state index in [0.717, 1.165) is 22.8 Å². The fraction of sp³-hybridized carbons (Fsp3) is 0.150. The van der Waals surface area contributed by atoms with Crippen LogP contribution in [0.3, 0.4) is 0 Å². The molecule has 0 aliphatic heterocycles. The first kappa shape index (κ1) is 17.4. The van der Waals surface area contributed by atoms with E-state index in [2.05, 4.69) is 20.6 Å². The molecule has 0 saturated carbocycles. The minimum atomic E-state index is -0.198. The predicted molar refractivity (Wildman–Crippen MR) is 105 cm³/mol. The Morgan fingerprint density at radius 3 is 2.54 bits per heavy atom. The number of hydrogen-bond acceptors (Lipinski definition) is 5. The first-order valence-electron chi connectivity index (χ1n) is 8.29. The zero-order chi connectivity index (χ0) is 18.4. The van der Waals surface area contributed by atoms with E-state index in [1.807, 2.05) is 61.5 Å². The standard InChI is InChI=1S/C20H21N5O/c1-25(2)19-8-6-16(7-9-19)24-20(26)15-11-18(13-21-12-15)23-14-17-5-3-4-10-22-17/h3-13,23H,14H2,1-2H3,(H,24,26). The molecule has 2 aromatic heterocycles. The van der Waals surface area contributed by atoms with Gasteiger partial charge < -0.3 is 15.5 Å². The first-order valence-corrected chi connectivity index (χ1v) is 8.29. The lowest BCUT2D eigenvalue weighted by molar-refractivity contribution is 0.102. The number of anilines is 3. The Bertz CT molecular complexity index is 863. The second-order valence-corrected chi connectivity index (χ2v) is 6.03. The third-order valence-corrected chi connectivity index (χ3v) is 3.84. The molecule has 0 bridgehead atoms. The van der Waals surface area contributed by atoms with Crippen molar-refractivity contribution in [2.75, 3.05) is 29.6 Å². The van der Waals surface area contributed by atoms with E-state index in [1.54, 1.807) is 24.7 Å². The minimum Gasteiger partial charge on any atom is -0.378 e. The second-order valence-electron chi connectivity index (χ2n) is 6.03. The van der Waals surface area contributed by atoms with Gasteiger partial charge in [0.15, 0.2) is 0 Å². The molecule has 0 aliphatic rings. The Morgan fingerprint density at radius 2 is 1.85 bits per heavy atom. The van der Waals surface area contributed by atoms with Crippen LogP contribution in [0.15, 0.2) is 67.1 Å². The molecule has 0 radical (unpaired) electrons. The van der Waals surface area contributed by atoms with Gasteiger partial charge in [-0.15, -0.1) is 0 Å². The first-order chi connectivity index (χ1) is 12.6. The number of carbonyl (C=O) groups excluding carboxylic acids is 1. The fourth-order valence-electron chi connectivity index (χ4n) is 2.40. The average Bonchev–Trinajstić information content (AvgIpc) is 2.68. The number of nitrogens with zero attached hydrogens (tertiary/aromatic N) is 3. The molecule has 1 aromatic carbocycles. The number of hydrogen-bond donors (Lipinski definition) is 2. The van der Waals surface area contributed by atoms with Gasteiger partial charge in [0.2, 0.25) is 0 Å². The SMILES string of the molecule is CN(C)c1ccc(NC(=O)c2cncc(NCc3ccccn3)c2)cc1. The lowest BCUT2D eigenvalue weighted by atomic mass is 10.2. The van der Waals surface area contributed by atoms with Crippen molar-refractivity contribution in [3.05, 3.63) is 78.4 Å². The molecule has 0 fully saturated rings. The average molecular weight is 347 g/mol. The van der Waals surface area contributed by atoms with E-state index in [1.165, 1.54) is 0 Å². The van der Waals surface area contributed by atoms with Crippen LogP contribution in [0.4, 0.5) is 17.1 Å². The zero-order valence-corrected chi connectivity index (χ0v) is 14.8. The number of amides is 1. The summed E-state index contributed by atoms with van der Waals surface area (Å²) in [5.74, 6) is -0.198. The van der Waals surface area contributed by atoms with E-state index in [-0.39, 0.29) is 5.91 Å². The van der Waals surface area contributed by atoms with Gasteiger partial charge in [-0.2, -0.15) is 0 Å². The highest BCUT2D eigenvalue weighted by atomic mass is 16.1. The number of benzene rings is 1. The largest absolute Gasteiger partial charge is 0.378 e. The third kappa shape index (κ3) is 4.57. The summed E-state index contributed by atoms with van der Waals surface area (Å²) in [6, 6.07) is 15.2. The molecule has 2 N–H and O–H groups in total. The van der Waals surface area contributed by atoms with E-state index < -0.39 is 0 Å². The summed E-state index contributed by atoms with van der Waals surface area (Å²) in [6.45, 7) is 0.569. The molecule has 132 valence electrons. The number of nitrogens with one attached hydrogen (secondary N) is 2. The van der Waals surface area contributed by atoms with E-state index in [0.29, 0.717) is 12.1 Å². The highest BCUT2D eigenvalue weighted by Gasteiger charge is 2.08. The molecule has 3 rings (SSSR count). The van der Waals surface area contributed by atoms with Crippen molar-refractivity contribution in [2.24, 2.45) is 0 Å². The molecule has 0 spiro atoms. The maximum atomic E-state index is 12.5. The molecule has 0 unspecified atom stereocenters. The number of carbonyl (C=O) groups is 1. The molecule has 6 heteroatoms. The van der Waals surface area contributed by atoms with Crippen molar-refractivity contribution in [3.63, 3.8) is 0 Å². The predicted octanol–water partition coefficient (Wildman–Crippen LogP) is 3.41. The maximum Gasteiger partial charge on any atom is 0.257 e. The Hall–Kier alpha value is -3.41. The van der Waals surface area contributed by atoms with Crippen molar-refractivity contribution in [3.8, 4) is 0 Å². The molecule has 0 saturated heterocycles. The minimum absolute atomic E-state index is 0.198. The lowest BCUT2D eigenvalue weighted by Gasteiger charge is -2.13. The van der Waals surface area contributed by atoms with Crippen LogP contribution in [-0.4, -0.2) is 30.0 Å². The van der Waals surface area contributed by atoms with E-state index >= 15 is 0 Å². The van der Waals surface area contributed by atoms with Crippen LogP contribution in [0.1, 0.15) is 16.1 Å². The van der Waals surface area contributed by atoms with Gasteiger partial charge in [-0.1, -0.05) is 6.07 Å². The quantitative estimate of drug-likeness (QED) is 0.715. The van der Waals surface area contributed by atoms with Gasteiger partial charge in [0.1, 0.15) is 0 Å². The van der Waals surface area contributed by atoms with E-state index in [4.69, 9.17) is 0 Å². The Morgan fingerprint density at radius 1 is 1.04 bits per heavy atom. The van der Waals surface area contributed by atoms with Gasteiger partial charge in [0.25, 0.3) is 5.91 Å². The molecule has 0 atom stereocenters. The summed E-state index contributed by atoms with van der Waals surface area (Å²) < 4.78 is 0. The molecule has 1 amide bonds. The molecular weight excluding hydrogens is 326 g/mol. The van der Waals surface area contributed by atoms with Crippen molar-refractivity contribution >= 4 is 23.0 Å². The molecule has 26 heavy (non-hydrogen) atoms. The smallest absolute Gasteiger partial charge is 0.257 e. The molecule has 0 aliphatic carbocycles. The van der Waals surface area contributed by atoms with Crippen LogP contribution < -0.4 is 15.5 Å².